The Bertz CT molecular complexity index is 1040. The van der Waals surface area contributed by atoms with Crippen molar-refractivity contribution in [3.63, 3.8) is 0 Å². The number of aromatic nitrogens is 1. The van der Waals surface area contributed by atoms with Crippen molar-refractivity contribution in [2.45, 2.75) is 19.3 Å². The molecule has 4 rings (SSSR count). The van der Waals surface area contributed by atoms with E-state index < -0.39 is 0 Å². The van der Waals surface area contributed by atoms with Gasteiger partial charge in [-0.2, -0.15) is 0 Å². The number of benzene rings is 2. The summed E-state index contributed by atoms with van der Waals surface area (Å²) in [5.74, 6) is 0.232. The van der Waals surface area contributed by atoms with Crippen LogP contribution in [0.3, 0.4) is 0 Å². The molecule has 3 aromatic rings. The second kappa shape index (κ2) is 8.10. The SMILES string of the molecule is CCC1/C(=C(\C=C/N)c2ccccc2)C=Cc2c(-c3ccccc3)ccnc21. The summed E-state index contributed by atoms with van der Waals surface area (Å²) in [5.41, 5.74) is 14.2. The summed E-state index contributed by atoms with van der Waals surface area (Å²) in [6.07, 6.45) is 11.0. The van der Waals surface area contributed by atoms with Crippen molar-refractivity contribution in [1.82, 2.24) is 4.98 Å². The van der Waals surface area contributed by atoms with Crippen LogP contribution >= 0.6 is 0 Å². The Morgan fingerprint density at radius 3 is 2.36 bits per heavy atom. The highest BCUT2D eigenvalue weighted by atomic mass is 14.7. The van der Waals surface area contributed by atoms with E-state index in [0.717, 1.165) is 17.7 Å². The molecule has 0 saturated carbocycles. The molecule has 1 aliphatic carbocycles. The Morgan fingerprint density at radius 2 is 1.68 bits per heavy atom. The monoisotopic (exact) mass is 364 g/mol. The third kappa shape index (κ3) is 3.29. The van der Waals surface area contributed by atoms with E-state index in [1.807, 2.05) is 24.4 Å². The lowest BCUT2D eigenvalue weighted by molar-refractivity contribution is 0.744. The van der Waals surface area contributed by atoms with Crippen LogP contribution in [-0.4, -0.2) is 4.98 Å². The minimum Gasteiger partial charge on any atom is -0.405 e. The molecule has 28 heavy (non-hydrogen) atoms. The molecule has 1 unspecified atom stereocenters. The van der Waals surface area contributed by atoms with Gasteiger partial charge in [0.25, 0.3) is 0 Å². The number of nitrogens with zero attached hydrogens (tertiary/aromatic N) is 1. The maximum atomic E-state index is 5.80. The Labute approximate surface area is 166 Å². The molecule has 1 aliphatic rings. The fraction of sp³-hybridized carbons (Fsp3) is 0.115. The van der Waals surface area contributed by atoms with Crippen molar-refractivity contribution < 1.29 is 0 Å². The predicted molar refractivity (Wildman–Crippen MR) is 118 cm³/mol. The molecule has 0 spiro atoms. The molecule has 0 radical (unpaired) electrons. The van der Waals surface area contributed by atoms with E-state index in [-0.39, 0.29) is 5.92 Å². The minimum atomic E-state index is 0.232. The van der Waals surface area contributed by atoms with E-state index in [2.05, 4.69) is 73.7 Å². The summed E-state index contributed by atoms with van der Waals surface area (Å²) in [4.78, 5) is 4.80. The Morgan fingerprint density at radius 1 is 0.964 bits per heavy atom. The number of rotatable bonds is 4. The molecule has 2 nitrogen and oxygen atoms in total. The Hall–Kier alpha value is -3.39. The summed E-state index contributed by atoms with van der Waals surface area (Å²) < 4.78 is 0. The van der Waals surface area contributed by atoms with Crippen LogP contribution in [-0.2, 0) is 0 Å². The molecule has 1 atom stereocenters. The van der Waals surface area contributed by atoms with Crippen LogP contribution in [0.4, 0.5) is 0 Å². The van der Waals surface area contributed by atoms with Gasteiger partial charge in [-0.3, -0.25) is 4.98 Å². The normalized spacial score (nSPS) is 17.5. The first-order valence-electron chi connectivity index (χ1n) is 9.73. The summed E-state index contributed by atoms with van der Waals surface area (Å²) >= 11 is 0. The molecular weight excluding hydrogens is 340 g/mol. The van der Waals surface area contributed by atoms with Crippen molar-refractivity contribution in [1.29, 1.82) is 0 Å². The van der Waals surface area contributed by atoms with Crippen LogP contribution in [0.15, 0.2) is 96.9 Å². The maximum Gasteiger partial charge on any atom is 0.0556 e. The first-order chi connectivity index (χ1) is 13.8. The van der Waals surface area contributed by atoms with E-state index in [0.29, 0.717) is 0 Å². The third-order valence-electron chi connectivity index (χ3n) is 5.31. The van der Waals surface area contributed by atoms with Gasteiger partial charge in [0, 0.05) is 17.7 Å². The Kier molecular flexibility index (Phi) is 5.20. The second-order valence-electron chi connectivity index (χ2n) is 6.91. The van der Waals surface area contributed by atoms with E-state index >= 15 is 0 Å². The smallest absolute Gasteiger partial charge is 0.0556 e. The summed E-state index contributed by atoms with van der Waals surface area (Å²) in [7, 11) is 0. The van der Waals surface area contributed by atoms with Gasteiger partial charge >= 0.3 is 0 Å². The second-order valence-corrected chi connectivity index (χ2v) is 6.91. The molecule has 0 saturated heterocycles. The largest absolute Gasteiger partial charge is 0.405 e. The summed E-state index contributed by atoms with van der Waals surface area (Å²) in [5, 5.41) is 0. The molecule has 0 amide bonds. The van der Waals surface area contributed by atoms with Crippen molar-refractivity contribution in [2.24, 2.45) is 5.73 Å². The van der Waals surface area contributed by atoms with Gasteiger partial charge in [-0.15, -0.1) is 0 Å². The zero-order valence-electron chi connectivity index (χ0n) is 16.0. The fourth-order valence-electron chi connectivity index (χ4n) is 4.01. The van der Waals surface area contributed by atoms with Gasteiger partial charge in [-0.1, -0.05) is 79.7 Å². The number of hydrogen-bond donors (Lipinski definition) is 1. The molecule has 2 N–H and O–H groups in total. The van der Waals surface area contributed by atoms with Crippen molar-refractivity contribution >= 4 is 11.6 Å². The van der Waals surface area contributed by atoms with E-state index in [1.54, 1.807) is 6.20 Å². The van der Waals surface area contributed by atoms with Gasteiger partial charge in [0.15, 0.2) is 0 Å². The van der Waals surface area contributed by atoms with Crippen molar-refractivity contribution in [3.05, 3.63) is 114 Å². The highest BCUT2D eigenvalue weighted by Gasteiger charge is 2.25. The first kappa shape index (κ1) is 18.0. The molecule has 0 aliphatic heterocycles. The lowest BCUT2D eigenvalue weighted by Crippen LogP contribution is -2.11. The zero-order valence-corrected chi connectivity index (χ0v) is 16.0. The van der Waals surface area contributed by atoms with E-state index in [4.69, 9.17) is 10.7 Å². The average Bonchev–Trinajstić information content (AvgIpc) is 2.77. The lowest BCUT2D eigenvalue weighted by atomic mass is 9.79. The first-order valence-corrected chi connectivity index (χ1v) is 9.73. The quantitative estimate of drug-likeness (QED) is 0.599. The number of allylic oxidation sites excluding steroid dienone is 4. The van der Waals surface area contributed by atoms with Gasteiger partial charge in [-0.05, 0) is 52.6 Å². The molecule has 2 heteroatoms. The average molecular weight is 364 g/mol. The molecule has 138 valence electrons. The minimum absolute atomic E-state index is 0.232. The van der Waals surface area contributed by atoms with Gasteiger partial charge < -0.3 is 5.73 Å². The predicted octanol–water partition coefficient (Wildman–Crippen LogP) is 6.20. The third-order valence-corrected chi connectivity index (χ3v) is 5.31. The van der Waals surface area contributed by atoms with Crippen molar-refractivity contribution in [3.8, 4) is 11.1 Å². The topological polar surface area (TPSA) is 38.9 Å². The lowest BCUT2D eigenvalue weighted by Gasteiger charge is -2.26. The molecule has 1 heterocycles. The van der Waals surface area contributed by atoms with Gasteiger partial charge in [-0.25, -0.2) is 0 Å². The standard InChI is InChI=1S/C26H24N2/c1-2-21-24(22(15-17-27)19-9-5-3-6-10-19)13-14-25-23(16-18-28-26(21)25)20-11-7-4-8-12-20/h3-18,21H,2,27H2,1H3/b17-15-,24-22+. The highest BCUT2D eigenvalue weighted by Crippen LogP contribution is 2.42. The van der Waals surface area contributed by atoms with Gasteiger partial charge in [0.1, 0.15) is 0 Å². The van der Waals surface area contributed by atoms with Gasteiger partial charge in [0.2, 0.25) is 0 Å². The summed E-state index contributed by atoms with van der Waals surface area (Å²) in [6, 6.07) is 23.1. The van der Waals surface area contributed by atoms with E-state index in [1.165, 1.54) is 27.8 Å². The van der Waals surface area contributed by atoms with E-state index in [9.17, 15) is 0 Å². The number of nitrogens with two attached hydrogens (primary N) is 1. The molecule has 0 fully saturated rings. The van der Waals surface area contributed by atoms with Crippen LogP contribution in [0.25, 0.3) is 22.8 Å². The Balaban J connectivity index is 1.90. The number of fused-ring (bicyclic) bond motifs is 1. The van der Waals surface area contributed by atoms with Crippen LogP contribution in [0.5, 0.6) is 0 Å². The number of pyridine rings is 1. The summed E-state index contributed by atoms with van der Waals surface area (Å²) in [6.45, 7) is 2.22. The molecule has 1 aromatic heterocycles. The van der Waals surface area contributed by atoms with Crippen LogP contribution in [0.2, 0.25) is 0 Å². The van der Waals surface area contributed by atoms with Crippen LogP contribution in [0.1, 0.15) is 36.1 Å². The molecule has 0 bridgehead atoms. The van der Waals surface area contributed by atoms with Crippen LogP contribution in [0, 0.1) is 0 Å². The fourth-order valence-corrected chi connectivity index (χ4v) is 4.01. The van der Waals surface area contributed by atoms with Crippen LogP contribution < -0.4 is 5.73 Å². The highest BCUT2D eigenvalue weighted by molar-refractivity contribution is 5.85. The molecule has 2 aromatic carbocycles. The van der Waals surface area contributed by atoms with Gasteiger partial charge in [0.05, 0.1) is 5.69 Å². The molecular formula is C26H24N2. The number of hydrogen-bond acceptors (Lipinski definition) is 2. The van der Waals surface area contributed by atoms with Crippen molar-refractivity contribution in [2.75, 3.05) is 0 Å². The zero-order chi connectivity index (χ0) is 19.3. The maximum absolute atomic E-state index is 5.80.